The van der Waals surface area contributed by atoms with Crippen LogP contribution in [0.2, 0.25) is 0 Å². The van der Waals surface area contributed by atoms with E-state index in [0.29, 0.717) is 5.91 Å². The molecule has 2 saturated heterocycles. The molecule has 2 aliphatic heterocycles. The highest BCUT2D eigenvalue weighted by Gasteiger charge is 2.22. The van der Waals surface area contributed by atoms with Crippen LogP contribution in [0.15, 0.2) is 24.4 Å². The fourth-order valence-corrected chi connectivity index (χ4v) is 3.53. The van der Waals surface area contributed by atoms with Crippen LogP contribution in [0, 0.1) is 5.92 Å². The van der Waals surface area contributed by atoms with Gasteiger partial charge in [-0.25, -0.2) is 0 Å². The van der Waals surface area contributed by atoms with Crippen LogP contribution < -0.4 is 5.32 Å². The highest BCUT2D eigenvalue weighted by Crippen LogP contribution is 2.18. The van der Waals surface area contributed by atoms with Crippen molar-refractivity contribution in [2.75, 3.05) is 39.3 Å². The van der Waals surface area contributed by atoms with Gasteiger partial charge in [-0.3, -0.25) is 14.7 Å². The van der Waals surface area contributed by atoms with Gasteiger partial charge in [0.15, 0.2) is 0 Å². The smallest absolute Gasteiger partial charge is 0.222 e. The van der Waals surface area contributed by atoms with Crippen molar-refractivity contribution in [3.8, 4) is 0 Å². The predicted molar refractivity (Wildman–Crippen MR) is 90.9 cm³/mol. The van der Waals surface area contributed by atoms with Crippen LogP contribution in [0.5, 0.6) is 0 Å². The Bertz CT molecular complexity index is 479. The molecular weight excluding hydrogens is 288 g/mol. The lowest BCUT2D eigenvalue weighted by Gasteiger charge is -2.35. The molecule has 23 heavy (non-hydrogen) atoms. The van der Waals surface area contributed by atoms with E-state index < -0.39 is 0 Å². The lowest BCUT2D eigenvalue weighted by molar-refractivity contribution is -0.133. The average molecular weight is 316 g/mol. The van der Waals surface area contributed by atoms with Crippen LogP contribution >= 0.6 is 0 Å². The number of hydrogen-bond donors (Lipinski definition) is 1. The van der Waals surface area contributed by atoms with Gasteiger partial charge < -0.3 is 10.2 Å². The van der Waals surface area contributed by atoms with E-state index in [1.807, 2.05) is 18.3 Å². The molecule has 126 valence electrons. The number of pyridine rings is 1. The summed E-state index contributed by atoms with van der Waals surface area (Å²) in [5.74, 6) is 1.09. The van der Waals surface area contributed by atoms with Crippen molar-refractivity contribution >= 4 is 5.91 Å². The molecule has 1 aromatic heterocycles. The Hall–Kier alpha value is -1.46. The van der Waals surface area contributed by atoms with Crippen molar-refractivity contribution < 1.29 is 4.79 Å². The van der Waals surface area contributed by atoms with E-state index in [0.717, 1.165) is 70.3 Å². The normalized spacial score (nSPS) is 20.6. The molecule has 0 bridgehead atoms. The third-order valence-electron chi connectivity index (χ3n) is 5.06. The van der Waals surface area contributed by atoms with Gasteiger partial charge in [-0.1, -0.05) is 6.07 Å². The van der Waals surface area contributed by atoms with Crippen molar-refractivity contribution in [3.05, 3.63) is 30.1 Å². The second-order valence-electron chi connectivity index (χ2n) is 6.71. The summed E-state index contributed by atoms with van der Waals surface area (Å²) in [5.41, 5.74) is 1.11. The molecule has 0 atom stereocenters. The molecule has 3 heterocycles. The lowest BCUT2D eigenvalue weighted by atomic mass is 9.93. The van der Waals surface area contributed by atoms with Crippen molar-refractivity contribution in [2.45, 2.75) is 32.2 Å². The summed E-state index contributed by atoms with van der Waals surface area (Å²) in [6.07, 6.45) is 6.09. The quantitative estimate of drug-likeness (QED) is 0.894. The predicted octanol–water partition coefficient (Wildman–Crippen LogP) is 1.51. The maximum Gasteiger partial charge on any atom is 0.222 e. The number of rotatable bonds is 5. The van der Waals surface area contributed by atoms with Crippen molar-refractivity contribution in [1.82, 2.24) is 20.1 Å². The van der Waals surface area contributed by atoms with Crippen molar-refractivity contribution in [3.63, 3.8) is 0 Å². The second kappa shape index (κ2) is 8.41. The molecule has 0 saturated carbocycles. The van der Waals surface area contributed by atoms with E-state index >= 15 is 0 Å². The highest BCUT2D eigenvalue weighted by atomic mass is 16.2. The van der Waals surface area contributed by atoms with Crippen LogP contribution in [0.25, 0.3) is 0 Å². The van der Waals surface area contributed by atoms with Gasteiger partial charge in [-0.05, 0) is 50.4 Å². The maximum absolute atomic E-state index is 12.4. The number of aromatic nitrogens is 1. The third-order valence-corrected chi connectivity index (χ3v) is 5.06. The summed E-state index contributed by atoms with van der Waals surface area (Å²) < 4.78 is 0. The Morgan fingerprint density at radius 2 is 1.96 bits per heavy atom. The maximum atomic E-state index is 12.4. The van der Waals surface area contributed by atoms with Gasteiger partial charge in [0.2, 0.25) is 5.91 Å². The summed E-state index contributed by atoms with van der Waals surface area (Å²) in [5, 5.41) is 3.38. The second-order valence-corrected chi connectivity index (χ2v) is 6.71. The first-order chi connectivity index (χ1) is 11.3. The molecule has 0 aliphatic carbocycles. The molecule has 0 radical (unpaired) electrons. The van der Waals surface area contributed by atoms with Gasteiger partial charge in [0.05, 0.1) is 5.69 Å². The van der Waals surface area contributed by atoms with Gasteiger partial charge in [0, 0.05) is 45.3 Å². The number of hydrogen-bond acceptors (Lipinski definition) is 4. The molecule has 1 amide bonds. The van der Waals surface area contributed by atoms with E-state index in [9.17, 15) is 4.79 Å². The topological polar surface area (TPSA) is 48.5 Å². The first-order valence-corrected chi connectivity index (χ1v) is 8.92. The molecule has 5 nitrogen and oxygen atoms in total. The van der Waals surface area contributed by atoms with E-state index in [2.05, 4.69) is 26.2 Å². The number of carbonyl (C=O) groups excluding carboxylic acids is 1. The Kier molecular flexibility index (Phi) is 6.00. The summed E-state index contributed by atoms with van der Waals surface area (Å²) in [4.78, 5) is 21.2. The molecule has 5 heteroatoms. The van der Waals surface area contributed by atoms with Gasteiger partial charge in [-0.2, -0.15) is 0 Å². The number of amides is 1. The Morgan fingerprint density at radius 3 is 2.65 bits per heavy atom. The van der Waals surface area contributed by atoms with Crippen LogP contribution in [-0.4, -0.2) is 60.0 Å². The molecular formula is C18H28N4O. The lowest BCUT2D eigenvalue weighted by Crippen LogP contribution is -2.48. The summed E-state index contributed by atoms with van der Waals surface area (Å²) in [6.45, 7) is 6.75. The Labute approximate surface area is 139 Å². The summed E-state index contributed by atoms with van der Waals surface area (Å²) in [7, 11) is 0. The third kappa shape index (κ3) is 5.01. The van der Waals surface area contributed by atoms with Crippen LogP contribution in [-0.2, 0) is 11.3 Å². The first-order valence-electron chi connectivity index (χ1n) is 8.92. The minimum atomic E-state index is 0.348. The number of piperazine rings is 1. The van der Waals surface area contributed by atoms with Gasteiger partial charge in [0.1, 0.15) is 0 Å². The molecule has 0 spiro atoms. The fraction of sp³-hybridized carbons (Fsp3) is 0.667. The zero-order chi connectivity index (χ0) is 15.9. The van der Waals surface area contributed by atoms with E-state index in [1.165, 1.54) is 12.8 Å². The number of piperidine rings is 1. The van der Waals surface area contributed by atoms with Crippen molar-refractivity contribution in [1.29, 1.82) is 0 Å². The zero-order valence-corrected chi connectivity index (χ0v) is 13.9. The van der Waals surface area contributed by atoms with Gasteiger partial charge >= 0.3 is 0 Å². The first kappa shape index (κ1) is 16.4. The highest BCUT2D eigenvalue weighted by molar-refractivity contribution is 5.76. The molecule has 0 unspecified atom stereocenters. The van der Waals surface area contributed by atoms with E-state index in [4.69, 9.17) is 0 Å². The summed E-state index contributed by atoms with van der Waals surface area (Å²) >= 11 is 0. The van der Waals surface area contributed by atoms with Crippen LogP contribution in [0.3, 0.4) is 0 Å². The van der Waals surface area contributed by atoms with Crippen LogP contribution in [0.4, 0.5) is 0 Å². The van der Waals surface area contributed by atoms with E-state index in [-0.39, 0.29) is 0 Å². The minimum absolute atomic E-state index is 0.348. The van der Waals surface area contributed by atoms with Gasteiger partial charge in [0.25, 0.3) is 0 Å². The largest absolute Gasteiger partial charge is 0.340 e. The van der Waals surface area contributed by atoms with Crippen LogP contribution in [0.1, 0.15) is 31.4 Å². The molecule has 1 N–H and O–H groups in total. The van der Waals surface area contributed by atoms with Crippen molar-refractivity contribution in [2.24, 2.45) is 5.92 Å². The Morgan fingerprint density at radius 1 is 1.17 bits per heavy atom. The number of carbonyl (C=O) groups is 1. The average Bonchev–Trinajstić information content (AvgIpc) is 2.62. The standard InChI is InChI=1S/C18H28N4O/c23-18(5-4-16-6-9-19-10-7-16)22-13-11-21(12-14-22)15-17-3-1-2-8-20-17/h1-3,8,16,19H,4-7,9-15H2. The molecule has 1 aromatic rings. The number of nitrogens with one attached hydrogen (secondary N) is 1. The zero-order valence-electron chi connectivity index (χ0n) is 13.9. The fourth-order valence-electron chi connectivity index (χ4n) is 3.53. The molecule has 2 aliphatic rings. The minimum Gasteiger partial charge on any atom is -0.340 e. The SMILES string of the molecule is O=C(CCC1CCNCC1)N1CCN(Cc2ccccn2)CC1. The van der Waals surface area contributed by atoms with E-state index in [1.54, 1.807) is 0 Å². The summed E-state index contributed by atoms with van der Waals surface area (Å²) in [6, 6.07) is 6.04. The molecule has 2 fully saturated rings. The van der Waals surface area contributed by atoms with Gasteiger partial charge in [-0.15, -0.1) is 0 Å². The number of nitrogens with zero attached hydrogens (tertiary/aromatic N) is 3. The Balaban J connectivity index is 1.37. The molecule has 3 rings (SSSR count). The molecule has 0 aromatic carbocycles. The monoisotopic (exact) mass is 316 g/mol.